The first-order valence-corrected chi connectivity index (χ1v) is 9.33. The first-order valence-electron chi connectivity index (χ1n) is 9.33. The van der Waals surface area contributed by atoms with Crippen molar-refractivity contribution >= 4 is 11.7 Å². The molecule has 0 saturated carbocycles. The van der Waals surface area contributed by atoms with Crippen LogP contribution in [0.5, 0.6) is 0 Å². The highest BCUT2D eigenvalue weighted by Gasteiger charge is 2.42. The predicted molar refractivity (Wildman–Crippen MR) is 105 cm³/mol. The molecule has 1 aromatic carbocycles. The smallest absolute Gasteiger partial charge is 0.290 e. The van der Waals surface area contributed by atoms with Crippen molar-refractivity contribution in [3.05, 3.63) is 77.3 Å². The lowest BCUT2D eigenvalue weighted by atomic mass is 9.93. The largest absolute Gasteiger partial charge is 0.503 e. The lowest BCUT2D eigenvalue weighted by Crippen LogP contribution is -2.32. The number of hydrogen-bond donors (Lipinski definition) is 1. The number of carbonyl (C=O) groups excluding carboxylic acids is 2. The van der Waals surface area contributed by atoms with Crippen LogP contribution in [0, 0.1) is 0 Å². The van der Waals surface area contributed by atoms with Crippen LogP contribution in [0.3, 0.4) is 0 Å². The molecule has 0 spiro atoms. The van der Waals surface area contributed by atoms with Gasteiger partial charge in [0, 0.05) is 39.1 Å². The van der Waals surface area contributed by atoms with Gasteiger partial charge in [-0.05, 0) is 36.1 Å². The van der Waals surface area contributed by atoms with Crippen molar-refractivity contribution in [1.82, 2.24) is 9.88 Å². The van der Waals surface area contributed by atoms with Gasteiger partial charge < -0.3 is 14.7 Å². The molecule has 2 aromatic rings. The second kappa shape index (κ2) is 9.28. The number of nitrogens with zero attached hydrogens (tertiary/aromatic N) is 2. The molecule has 28 heavy (non-hydrogen) atoms. The normalized spacial score (nSPS) is 16.7. The van der Waals surface area contributed by atoms with E-state index < -0.39 is 17.7 Å². The number of ketones is 1. The number of carbonyl (C=O) groups is 2. The number of pyridine rings is 1. The Morgan fingerprint density at radius 3 is 2.57 bits per heavy atom. The fourth-order valence-corrected chi connectivity index (χ4v) is 3.48. The standard InChI is InChI=1S/C22H24N2O4/c1-28-15-5-14-24-20(17-10-12-23-13-11-17)19(21(26)22(24)27)18(25)9-8-16-6-3-2-4-7-16/h2-4,6-7,10-13,20,26H,5,8-9,14-15H2,1H3. The summed E-state index contributed by atoms with van der Waals surface area (Å²) in [6.45, 7) is 0.879. The van der Waals surface area contributed by atoms with Gasteiger partial charge >= 0.3 is 0 Å². The SMILES string of the molecule is COCCCN1C(=O)C(O)=C(C(=O)CCc2ccccc2)C1c1ccncc1. The molecule has 0 bridgehead atoms. The van der Waals surface area contributed by atoms with Crippen LogP contribution in [0.15, 0.2) is 66.2 Å². The number of amides is 1. The molecule has 3 rings (SSSR count). The maximum absolute atomic E-state index is 13.0. The quantitative estimate of drug-likeness (QED) is 0.677. The van der Waals surface area contributed by atoms with Gasteiger partial charge in [0.05, 0.1) is 11.6 Å². The van der Waals surface area contributed by atoms with Crippen molar-refractivity contribution in [3.63, 3.8) is 0 Å². The van der Waals surface area contributed by atoms with Gasteiger partial charge in [-0.1, -0.05) is 30.3 Å². The predicted octanol–water partition coefficient (Wildman–Crippen LogP) is 3.02. The highest BCUT2D eigenvalue weighted by Crippen LogP contribution is 2.38. The van der Waals surface area contributed by atoms with Crippen LogP contribution in [0.25, 0.3) is 0 Å². The second-order valence-corrected chi connectivity index (χ2v) is 6.70. The minimum atomic E-state index is -0.601. The van der Waals surface area contributed by atoms with Crippen LogP contribution in [0.4, 0.5) is 0 Å². The summed E-state index contributed by atoms with van der Waals surface area (Å²) in [6, 6.07) is 12.6. The molecule has 1 N–H and O–H groups in total. The number of aromatic nitrogens is 1. The van der Waals surface area contributed by atoms with Gasteiger partial charge in [0.2, 0.25) is 0 Å². The summed E-state index contributed by atoms with van der Waals surface area (Å²) in [5.41, 5.74) is 1.97. The number of methoxy groups -OCH3 is 1. The number of rotatable bonds is 9. The van der Waals surface area contributed by atoms with E-state index in [0.29, 0.717) is 26.0 Å². The number of hydrogen-bond acceptors (Lipinski definition) is 5. The summed E-state index contributed by atoms with van der Waals surface area (Å²) < 4.78 is 5.08. The van der Waals surface area contributed by atoms with Crippen molar-refractivity contribution in [1.29, 1.82) is 0 Å². The number of aliphatic hydroxyl groups is 1. The summed E-state index contributed by atoms with van der Waals surface area (Å²) >= 11 is 0. The number of Topliss-reactive ketones (excluding diaryl/α,β-unsaturated/α-hetero) is 1. The highest BCUT2D eigenvalue weighted by atomic mass is 16.5. The molecule has 0 aliphatic carbocycles. The molecular weight excluding hydrogens is 356 g/mol. The third kappa shape index (κ3) is 4.28. The molecule has 1 atom stereocenters. The topological polar surface area (TPSA) is 79.7 Å². The minimum absolute atomic E-state index is 0.171. The second-order valence-electron chi connectivity index (χ2n) is 6.70. The lowest BCUT2D eigenvalue weighted by Gasteiger charge is -2.26. The van der Waals surface area contributed by atoms with E-state index in [4.69, 9.17) is 4.74 Å². The zero-order valence-electron chi connectivity index (χ0n) is 15.9. The molecule has 0 fully saturated rings. The maximum atomic E-state index is 13.0. The average Bonchev–Trinajstić information content (AvgIpc) is 2.98. The van der Waals surface area contributed by atoms with Gasteiger partial charge in [0.1, 0.15) is 0 Å². The van der Waals surface area contributed by atoms with E-state index in [1.807, 2.05) is 30.3 Å². The van der Waals surface area contributed by atoms with Gasteiger partial charge in [-0.25, -0.2) is 0 Å². The van der Waals surface area contributed by atoms with Crippen LogP contribution < -0.4 is 0 Å². The molecule has 1 amide bonds. The van der Waals surface area contributed by atoms with Crippen molar-refractivity contribution in [3.8, 4) is 0 Å². The van der Waals surface area contributed by atoms with Gasteiger partial charge in [-0.2, -0.15) is 0 Å². The third-order valence-corrected chi connectivity index (χ3v) is 4.86. The van der Waals surface area contributed by atoms with Gasteiger partial charge in [0.15, 0.2) is 11.5 Å². The Hall–Kier alpha value is -2.99. The zero-order valence-corrected chi connectivity index (χ0v) is 15.9. The highest BCUT2D eigenvalue weighted by molar-refractivity contribution is 6.09. The lowest BCUT2D eigenvalue weighted by molar-refractivity contribution is -0.129. The Morgan fingerprint density at radius 1 is 1.18 bits per heavy atom. The summed E-state index contributed by atoms with van der Waals surface area (Å²) in [5, 5.41) is 10.5. The Kier molecular flexibility index (Phi) is 6.55. The van der Waals surface area contributed by atoms with E-state index in [9.17, 15) is 14.7 Å². The molecule has 0 saturated heterocycles. The van der Waals surface area contributed by atoms with Crippen LogP contribution in [0.2, 0.25) is 0 Å². The fraction of sp³-hybridized carbons (Fsp3) is 0.318. The van der Waals surface area contributed by atoms with Gasteiger partial charge in [0.25, 0.3) is 5.91 Å². The number of benzene rings is 1. The van der Waals surface area contributed by atoms with E-state index in [0.717, 1.165) is 11.1 Å². The Balaban J connectivity index is 1.85. The molecular formula is C22H24N2O4. The van der Waals surface area contributed by atoms with E-state index in [1.165, 1.54) is 0 Å². The Bertz CT molecular complexity index is 849. The van der Waals surface area contributed by atoms with E-state index >= 15 is 0 Å². The molecule has 2 heterocycles. The van der Waals surface area contributed by atoms with E-state index in [1.54, 1.807) is 36.5 Å². The van der Waals surface area contributed by atoms with Crippen molar-refractivity contribution in [2.45, 2.75) is 25.3 Å². The Morgan fingerprint density at radius 2 is 1.89 bits per heavy atom. The van der Waals surface area contributed by atoms with Crippen molar-refractivity contribution in [2.24, 2.45) is 0 Å². The molecule has 1 aliphatic rings. The summed E-state index contributed by atoms with van der Waals surface area (Å²) in [7, 11) is 1.60. The summed E-state index contributed by atoms with van der Waals surface area (Å²) in [5.74, 6) is -1.18. The summed E-state index contributed by atoms with van der Waals surface area (Å²) in [4.78, 5) is 31.2. The summed E-state index contributed by atoms with van der Waals surface area (Å²) in [6.07, 6.45) is 4.63. The number of aliphatic hydroxyl groups excluding tert-OH is 1. The van der Waals surface area contributed by atoms with Gasteiger partial charge in [-0.3, -0.25) is 14.6 Å². The number of aryl methyl sites for hydroxylation is 1. The molecule has 1 aromatic heterocycles. The van der Waals surface area contributed by atoms with E-state index in [-0.39, 0.29) is 17.8 Å². The molecule has 146 valence electrons. The van der Waals surface area contributed by atoms with Crippen LogP contribution in [-0.2, 0) is 20.7 Å². The maximum Gasteiger partial charge on any atom is 0.290 e. The number of ether oxygens (including phenoxy) is 1. The van der Waals surface area contributed by atoms with Gasteiger partial charge in [-0.15, -0.1) is 0 Å². The van der Waals surface area contributed by atoms with Crippen LogP contribution in [-0.4, -0.2) is 46.9 Å². The van der Waals surface area contributed by atoms with Crippen molar-refractivity contribution in [2.75, 3.05) is 20.3 Å². The third-order valence-electron chi connectivity index (χ3n) is 4.86. The Labute approximate surface area is 164 Å². The zero-order chi connectivity index (χ0) is 19.9. The van der Waals surface area contributed by atoms with Crippen LogP contribution >= 0.6 is 0 Å². The van der Waals surface area contributed by atoms with Crippen LogP contribution in [0.1, 0.15) is 30.0 Å². The average molecular weight is 380 g/mol. The first kappa shape index (κ1) is 19.8. The molecule has 1 aliphatic heterocycles. The monoisotopic (exact) mass is 380 g/mol. The fourth-order valence-electron chi connectivity index (χ4n) is 3.48. The molecule has 6 heteroatoms. The minimum Gasteiger partial charge on any atom is -0.503 e. The molecule has 6 nitrogen and oxygen atoms in total. The first-order chi connectivity index (χ1) is 13.6. The van der Waals surface area contributed by atoms with Crippen molar-refractivity contribution < 1.29 is 19.4 Å². The van der Waals surface area contributed by atoms with E-state index in [2.05, 4.69) is 4.98 Å². The molecule has 1 unspecified atom stereocenters. The molecule has 0 radical (unpaired) electrons.